The van der Waals surface area contributed by atoms with Crippen LogP contribution in [-0.2, 0) is 10.7 Å². The molecule has 1 aromatic rings. The van der Waals surface area contributed by atoms with Gasteiger partial charge in [-0.05, 0) is 12.8 Å². The van der Waals surface area contributed by atoms with Crippen molar-refractivity contribution >= 4 is 34.0 Å². The fourth-order valence-corrected chi connectivity index (χ4v) is 2.03. The lowest BCUT2D eigenvalue weighted by Crippen LogP contribution is -2.21. The molecule has 0 unspecified atom stereocenters. The van der Waals surface area contributed by atoms with Crippen LogP contribution in [0.2, 0.25) is 0 Å². The highest BCUT2D eigenvalue weighted by atomic mass is 35.5. The van der Waals surface area contributed by atoms with Crippen LogP contribution in [0.25, 0.3) is 0 Å². The number of nitrogens with zero attached hydrogens (tertiary/aromatic N) is 2. The molecule has 15 heavy (non-hydrogen) atoms. The number of hydrogen-bond acceptors (Lipinski definition) is 4. The van der Waals surface area contributed by atoms with Gasteiger partial charge in [0.1, 0.15) is 5.01 Å². The molecule has 0 fully saturated rings. The van der Waals surface area contributed by atoms with E-state index in [0.29, 0.717) is 11.0 Å². The van der Waals surface area contributed by atoms with Gasteiger partial charge in [-0.2, -0.15) is 0 Å². The Labute approximate surface area is 98.0 Å². The molecule has 0 atom stereocenters. The first-order valence-electron chi connectivity index (χ1n) is 4.90. The third kappa shape index (κ3) is 3.43. The van der Waals surface area contributed by atoms with E-state index in [1.165, 1.54) is 11.3 Å². The summed E-state index contributed by atoms with van der Waals surface area (Å²) in [5.41, 5.74) is 0. The maximum Gasteiger partial charge on any atom is 0.229 e. The molecule has 1 amide bonds. The maximum atomic E-state index is 11.7. The average molecular weight is 248 g/mol. The van der Waals surface area contributed by atoms with Crippen molar-refractivity contribution in [2.75, 3.05) is 5.32 Å². The molecule has 0 aromatic carbocycles. The summed E-state index contributed by atoms with van der Waals surface area (Å²) in [5.74, 6) is 0.393. The van der Waals surface area contributed by atoms with Crippen LogP contribution in [0.15, 0.2) is 0 Å². The second-order valence-electron chi connectivity index (χ2n) is 3.14. The number of hydrogen-bond donors (Lipinski definition) is 1. The molecule has 0 aliphatic heterocycles. The summed E-state index contributed by atoms with van der Waals surface area (Å²) in [4.78, 5) is 11.7. The molecule has 4 nitrogen and oxygen atoms in total. The standard InChI is InChI=1S/C9H14ClN3OS/c1-3-6(4-2)8(14)11-9-13-12-7(5-10)15-9/h6H,3-5H2,1-2H3,(H,11,13,14). The topological polar surface area (TPSA) is 54.9 Å². The maximum absolute atomic E-state index is 11.7. The van der Waals surface area contributed by atoms with E-state index < -0.39 is 0 Å². The number of halogens is 1. The zero-order chi connectivity index (χ0) is 11.3. The Balaban J connectivity index is 2.57. The van der Waals surface area contributed by atoms with Gasteiger partial charge in [-0.15, -0.1) is 21.8 Å². The van der Waals surface area contributed by atoms with Gasteiger partial charge in [-0.25, -0.2) is 0 Å². The van der Waals surface area contributed by atoms with E-state index in [1.54, 1.807) is 0 Å². The molecular formula is C9H14ClN3OS. The van der Waals surface area contributed by atoms with Gasteiger partial charge in [0.25, 0.3) is 0 Å². The van der Waals surface area contributed by atoms with Gasteiger partial charge in [0.15, 0.2) is 0 Å². The molecule has 0 saturated heterocycles. The molecule has 0 aliphatic rings. The molecule has 1 N–H and O–H groups in total. The number of aromatic nitrogens is 2. The minimum Gasteiger partial charge on any atom is -0.300 e. The van der Waals surface area contributed by atoms with E-state index >= 15 is 0 Å². The number of carbonyl (C=O) groups is 1. The van der Waals surface area contributed by atoms with E-state index in [2.05, 4.69) is 15.5 Å². The summed E-state index contributed by atoms with van der Waals surface area (Å²) in [6.07, 6.45) is 1.67. The highest BCUT2D eigenvalue weighted by Gasteiger charge is 2.15. The molecule has 0 bridgehead atoms. The summed E-state index contributed by atoms with van der Waals surface area (Å²) in [5, 5.41) is 11.6. The summed E-state index contributed by atoms with van der Waals surface area (Å²) in [6.45, 7) is 4.00. The molecule has 6 heteroatoms. The molecule has 1 rings (SSSR count). The van der Waals surface area contributed by atoms with Crippen molar-refractivity contribution < 1.29 is 4.79 Å². The first-order valence-corrected chi connectivity index (χ1v) is 6.25. The summed E-state index contributed by atoms with van der Waals surface area (Å²) in [7, 11) is 0. The summed E-state index contributed by atoms with van der Waals surface area (Å²) in [6, 6.07) is 0. The molecule has 0 saturated carbocycles. The smallest absolute Gasteiger partial charge is 0.229 e. The number of alkyl halides is 1. The third-order valence-electron chi connectivity index (χ3n) is 2.17. The third-order valence-corrected chi connectivity index (χ3v) is 3.42. The first kappa shape index (κ1) is 12.4. The minimum atomic E-state index is 0.0114. The molecule has 0 radical (unpaired) electrons. The molecule has 1 heterocycles. The zero-order valence-corrected chi connectivity index (χ0v) is 10.4. The van der Waals surface area contributed by atoms with Gasteiger partial charge in [-0.1, -0.05) is 25.2 Å². The molecule has 1 aromatic heterocycles. The van der Waals surface area contributed by atoms with Crippen LogP contribution in [0.1, 0.15) is 31.7 Å². The monoisotopic (exact) mass is 247 g/mol. The largest absolute Gasteiger partial charge is 0.300 e. The van der Waals surface area contributed by atoms with Gasteiger partial charge in [0.05, 0.1) is 5.88 Å². The predicted octanol–water partition coefficient (Wildman–Crippen LogP) is 2.65. The van der Waals surface area contributed by atoms with E-state index in [-0.39, 0.29) is 11.8 Å². The lowest BCUT2D eigenvalue weighted by atomic mass is 10.0. The Kier molecular flexibility index (Phi) is 4.98. The van der Waals surface area contributed by atoms with Crippen molar-refractivity contribution in [2.45, 2.75) is 32.6 Å². The lowest BCUT2D eigenvalue weighted by molar-refractivity contribution is -0.120. The number of carbonyl (C=O) groups excluding carboxylic acids is 1. The van der Waals surface area contributed by atoms with Gasteiger partial charge in [-0.3, -0.25) is 4.79 Å². The minimum absolute atomic E-state index is 0.0114. The van der Waals surface area contributed by atoms with Crippen LogP contribution < -0.4 is 5.32 Å². The average Bonchev–Trinajstić information content (AvgIpc) is 2.67. The normalized spacial score (nSPS) is 10.7. The Bertz CT molecular complexity index is 325. The Morgan fingerprint density at radius 2 is 2.13 bits per heavy atom. The highest BCUT2D eigenvalue weighted by Crippen LogP contribution is 2.18. The van der Waals surface area contributed by atoms with Crippen LogP contribution in [0, 0.1) is 5.92 Å². The van der Waals surface area contributed by atoms with Crippen LogP contribution >= 0.6 is 22.9 Å². The van der Waals surface area contributed by atoms with E-state index in [0.717, 1.165) is 17.8 Å². The highest BCUT2D eigenvalue weighted by molar-refractivity contribution is 7.15. The fourth-order valence-electron chi connectivity index (χ4n) is 1.23. The van der Waals surface area contributed by atoms with Gasteiger partial charge >= 0.3 is 0 Å². The number of anilines is 1. The van der Waals surface area contributed by atoms with Crippen LogP contribution in [0.4, 0.5) is 5.13 Å². The Hall–Kier alpha value is -0.680. The Morgan fingerprint density at radius 1 is 1.47 bits per heavy atom. The predicted molar refractivity (Wildman–Crippen MR) is 62.2 cm³/mol. The Morgan fingerprint density at radius 3 is 2.60 bits per heavy atom. The number of nitrogens with one attached hydrogen (secondary N) is 1. The van der Waals surface area contributed by atoms with Gasteiger partial charge in [0.2, 0.25) is 11.0 Å². The van der Waals surface area contributed by atoms with Crippen molar-refractivity contribution in [3.63, 3.8) is 0 Å². The number of rotatable bonds is 5. The van der Waals surface area contributed by atoms with Crippen molar-refractivity contribution in [3.8, 4) is 0 Å². The van der Waals surface area contributed by atoms with Crippen molar-refractivity contribution in [1.29, 1.82) is 0 Å². The molecule has 0 aliphatic carbocycles. The zero-order valence-electron chi connectivity index (χ0n) is 8.79. The second kappa shape index (κ2) is 6.02. The SMILES string of the molecule is CCC(CC)C(=O)Nc1nnc(CCl)s1. The summed E-state index contributed by atoms with van der Waals surface area (Å²) >= 11 is 6.90. The fraction of sp³-hybridized carbons (Fsp3) is 0.667. The summed E-state index contributed by atoms with van der Waals surface area (Å²) < 4.78 is 0. The quantitative estimate of drug-likeness (QED) is 0.814. The van der Waals surface area contributed by atoms with E-state index in [9.17, 15) is 4.79 Å². The van der Waals surface area contributed by atoms with Gasteiger partial charge in [0, 0.05) is 5.92 Å². The first-order chi connectivity index (χ1) is 7.21. The van der Waals surface area contributed by atoms with Crippen molar-refractivity contribution in [2.24, 2.45) is 5.92 Å². The van der Waals surface area contributed by atoms with Crippen molar-refractivity contribution in [1.82, 2.24) is 10.2 Å². The number of amides is 1. The lowest BCUT2D eigenvalue weighted by Gasteiger charge is -2.09. The van der Waals surface area contributed by atoms with Crippen LogP contribution in [0.5, 0.6) is 0 Å². The molecule has 0 spiro atoms. The van der Waals surface area contributed by atoms with E-state index in [1.807, 2.05) is 13.8 Å². The van der Waals surface area contributed by atoms with Crippen LogP contribution in [0.3, 0.4) is 0 Å². The molecular weight excluding hydrogens is 234 g/mol. The van der Waals surface area contributed by atoms with Crippen molar-refractivity contribution in [3.05, 3.63) is 5.01 Å². The molecule has 84 valence electrons. The second-order valence-corrected chi connectivity index (χ2v) is 4.47. The van der Waals surface area contributed by atoms with Crippen LogP contribution in [-0.4, -0.2) is 16.1 Å². The van der Waals surface area contributed by atoms with E-state index in [4.69, 9.17) is 11.6 Å². The van der Waals surface area contributed by atoms with Gasteiger partial charge < -0.3 is 5.32 Å².